The number of anilines is 1. The Labute approximate surface area is 137 Å². The molecule has 0 bridgehead atoms. The van der Waals surface area contributed by atoms with Crippen molar-refractivity contribution in [2.75, 3.05) is 11.4 Å². The molecule has 0 saturated heterocycles. The lowest BCUT2D eigenvalue weighted by atomic mass is 9.99. The lowest BCUT2D eigenvalue weighted by Gasteiger charge is -2.22. The molecule has 3 rings (SSSR count). The van der Waals surface area contributed by atoms with E-state index in [1.54, 1.807) is 11.1 Å². The van der Waals surface area contributed by atoms with E-state index in [0.29, 0.717) is 18.2 Å². The Kier molecular flexibility index (Phi) is 4.55. The number of amides is 1. The van der Waals surface area contributed by atoms with Crippen molar-refractivity contribution in [3.63, 3.8) is 0 Å². The molecule has 0 radical (unpaired) electrons. The van der Waals surface area contributed by atoms with Crippen LogP contribution in [0.25, 0.3) is 0 Å². The van der Waals surface area contributed by atoms with Crippen molar-refractivity contribution < 1.29 is 9.21 Å². The number of fused-ring (bicyclic) bond motifs is 1. The molecule has 1 aliphatic carbocycles. The highest BCUT2D eigenvalue weighted by Gasteiger charge is 2.25. The molecule has 0 aliphatic heterocycles. The summed E-state index contributed by atoms with van der Waals surface area (Å²) in [6.45, 7) is 7.69. The Balaban J connectivity index is 1.89. The van der Waals surface area contributed by atoms with Crippen LogP contribution < -0.4 is 4.90 Å². The van der Waals surface area contributed by atoms with E-state index in [1.165, 1.54) is 12.0 Å². The van der Waals surface area contributed by atoms with Crippen LogP contribution in [-0.2, 0) is 19.4 Å². The summed E-state index contributed by atoms with van der Waals surface area (Å²) in [6.07, 6.45) is 7.96. The van der Waals surface area contributed by atoms with Gasteiger partial charge in [-0.05, 0) is 43.7 Å². The third-order valence-electron chi connectivity index (χ3n) is 4.26. The first kappa shape index (κ1) is 15.8. The first-order valence-electron chi connectivity index (χ1n) is 8.54. The number of furan rings is 1. The van der Waals surface area contributed by atoms with Crippen LogP contribution in [0.1, 0.15) is 55.5 Å². The van der Waals surface area contributed by atoms with Crippen molar-refractivity contribution in [1.82, 2.24) is 9.78 Å². The molecule has 1 aliphatic rings. The summed E-state index contributed by atoms with van der Waals surface area (Å²) in [5, 5.41) is 4.30. The third-order valence-corrected chi connectivity index (χ3v) is 4.26. The molecule has 0 aromatic carbocycles. The van der Waals surface area contributed by atoms with E-state index in [0.717, 1.165) is 37.3 Å². The maximum absolute atomic E-state index is 13.0. The van der Waals surface area contributed by atoms with Gasteiger partial charge in [0.2, 0.25) is 0 Å². The molecule has 0 spiro atoms. The molecule has 5 nitrogen and oxygen atoms in total. The van der Waals surface area contributed by atoms with Gasteiger partial charge in [0.15, 0.2) is 5.76 Å². The highest BCUT2D eigenvalue weighted by Crippen LogP contribution is 2.27. The Hall–Kier alpha value is -2.04. The number of aromatic nitrogens is 2. The van der Waals surface area contributed by atoms with Gasteiger partial charge in [0.25, 0.3) is 5.91 Å². The van der Waals surface area contributed by atoms with Gasteiger partial charge >= 0.3 is 0 Å². The highest BCUT2D eigenvalue weighted by molar-refractivity contribution is 6.04. The van der Waals surface area contributed by atoms with Gasteiger partial charge in [-0.3, -0.25) is 9.48 Å². The molecule has 0 fully saturated rings. The first-order chi connectivity index (χ1) is 11.1. The highest BCUT2D eigenvalue weighted by atomic mass is 16.4. The Morgan fingerprint density at radius 1 is 1.39 bits per heavy atom. The van der Waals surface area contributed by atoms with Crippen LogP contribution in [0.4, 0.5) is 5.69 Å². The summed E-state index contributed by atoms with van der Waals surface area (Å²) in [7, 11) is 0. The minimum Gasteiger partial charge on any atom is -0.456 e. The zero-order valence-corrected chi connectivity index (χ0v) is 14.2. The lowest BCUT2D eigenvalue weighted by Crippen LogP contribution is -2.33. The molecule has 124 valence electrons. The Morgan fingerprint density at radius 3 is 2.83 bits per heavy atom. The summed E-state index contributed by atoms with van der Waals surface area (Å²) in [5.74, 6) is 1.76. The molecular weight excluding hydrogens is 290 g/mol. The maximum atomic E-state index is 13.0. The summed E-state index contributed by atoms with van der Waals surface area (Å²) < 4.78 is 7.70. The van der Waals surface area contributed by atoms with E-state index in [2.05, 4.69) is 18.9 Å². The fourth-order valence-corrected chi connectivity index (χ4v) is 3.06. The molecule has 0 unspecified atom stereocenters. The number of nitrogens with zero attached hydrogens (tertiary/aromatic N) is 3. The average molecular weight is 315 g/mol. The SMILES string of the molecule is CCn1cc(N(CC(C)C)C(=O)c2cc3c(o2)CCCC3)cn1. The summed E-state index contributed by atoms with van der Waals surface area (Å²) in [5.41, 5.74) is 2.04. The predicted molar refractivity (Wildman–Crippen MR) is 89.8 cm³/mol. The second kappa shape index (κ2) is 6.60. The quantitative estimate of drug-likeness (QED) is 0.846. The van der Waals surface area contributed by atoms with Crippen molar-refractivity contribution in [3.05, 3.63) is 35.5 Å². The zero-order chi connectivity index (χ0) is 16.4. The molecular formula is C18H25N3O2. The number of hydrogen-bond donors (Lipinski definition) is 0. The number of carbonyl (C=O) groups excluding carboxylic acids is 1. The van der Waals surface area contributed by atoms with Gasteiger partial charge in [-0.15, -0.1) is 0 Å². The van der Waals surface area contributed by atoms with E-state index in [-0.39, 0.29) is 5.91 Å². The van der Waals surface area contributed by atoms with Crippen LogP contribution in [0, 0.1) is 5.92 Å². The van der Waals surface area contributed by atoms with Gasteiger partial charge in [-0.1, -0.05) is 13.8 Å². The number of aryl methyl sites for hydroxylation is 3. The van der Waals surface area contributed by atoms with Crippen molar-refractivity contribution >= 4 is 11.6 Å². The minimum absolute atomic E-state index is 0.0660. The molecule has 5 heteroatoms. The second-order valence-electron chi connectivity index (χ2n) is 6.63. The van der Waals surface area contributed by atoms with Crippen molar-refractivity contribution in [1.29, 1.82) is 0 Å². The molecule has 0 N–H and O–H groups in total. The molecule has 2 aromatic heterocycles. The van der Waals surface area contributed by atoms with Gasteiger partial charge in [0.1, 0.15) is 5.76 Å². The van der Waals surface area contributed by atoms with Crippen LogP contribution in [-0.4, -0.2) is 22.2 Å². The van der Waals surface area contributed by atoms with Crippen LogP contribution in [0.3, 0.4) is 0 Å². The van der Waals surface area contributed by atoms with E-state index in [1.807, 2.05) is 23.9 Å². The summed E-state index contributed by atoms with van der Waals surface area (Å²) >= 11 is 0. The standard InChI is InChI=1S/C18H25N3O2/c1-4-20-12-15(10-19-20)21(11-13(2)3)18(22)17-9-14-7-5-6-8-16(14)23-17/h9-10,12-13H,4-8,11H2,1-3H3. The van der Waals surface area contributed by atoms with Crippen molar-refractivity contribution in [2.24, 2.45) is 5.92 Å². The molecule has 2 heterocycles. The first-order valence-corrected chi connectivity index (χ1v) is 8.54. The fourth-order valence-electron chi connectivity index (χ4n) is 3.06. The normalized spacial score (nSPS) is 14.1. The van der Waals surface area contributed by atoms with E-state index >= 15 is 0 Å². The van der Waals surface area contributed by atoms with Crippen LogP contribution >= 0.6 is 0 Å². The van der Waals surface area contributed by atoms with Crippen LogP contribution in [0.15, 0.2) is 22.9 Å². The molecule has 2 aromatic rings. The van der Waals surface area contributed by atoms with E-state index < -0.39 is 0 Å². The fraction of sp³-hybridized carbons (Fsp3) is 0.556. The van der Waals surface area contributed by atoms with Gasteiger partial charge in [-0.25, -0.2) is 0 Å². The largest absolute Gasteiger partial charge is 0.456 e. The minimum atomic E-state index is -0.0660. The monoisotopic (exact) mass is 315 g/mol. The van der Waals surface area contributed by atoms with Crippen LogP contribution in [0.2, 0.25) is 0 Å². The number of hydrogen-bond acceptors (Lipinski definition) is 3. The molecule has 1 amide bonds. The van der Waals surface area contributed by atoms with Gasteiger partial charge < -0.3 is 9.32 Å². The van der Waals surface area contributed by atoms with E-state index in [9.17, 15) is 4.79 Å². The molecule has 0 atom stereocenters. The predicted octanol–water partition coefficient (Wildman–Crippen LogP) is 3.68. The topological polar surface area (TPSA) is 51.3 Å². The number of rotatable bonds is 5. The van der Waals surface area contributed by atoms with Crippen molar-refractivity contribution in [2.45, 2.75) is 53.0 Å². The average Bonchev–Trinajstić information content (AvgIpc) is 3.18. The second-order valence-corrected chi connectivity index (χ2v) is 6.63. The van der Waals surface area contributed by atoms with Crippen molar-refractivity contribution in [3.8, 4) is 0 Å². The maximum Gasteiger partial charge on any atom is 0.294 e. The smallest absolute Gasteiger partial charge is 0.294 e. The summed E-state index contributed by atoms with van der Waals surface area (Å²) in [6, 6.07) is 1.94. The molecule has 0 saturated carbocycles. The van der Waals surface area contributed by atoms with E-state index in [4.69, 9.17) is 4.42 Å². The lowest BCUT2D eigenvalue weighted by molar-refractivity contribution is 0.0955. The Bertz CT molecular complexity index is 661. The van der Waals surface area contributed by atoms with Gasteiger partial charge in [0.05, 0.1) is 11.9 Å². The summed E-state index contributed by atoms with van der Waals surface area (Å²) in [4.78, 5) is 14.8. The third kappa shape index (κ3) is 3.33. The zero-order valence-electron chi connectivity index (χ0n) is 14.2. The van der Waals surface area contributed by atoms with Gasteiger partial charge in [0, 0.05) is 25.7 Å². The van der Waals surface area contributed by atoms with Gasteiger partial charge in [-0.2, -0.15) is 5.10 Å². The molecule has 23 heavy (non-hydrogen) atoms. The van der Waals surface area contributed by atoms with Crippen LogP contribution in [0.5, 0.6) is 0 Å². The Morgan fingerprint density at radius 2 is 2.17 bits per heavy atom. The number of carbonyl (C=O) groups is 1.